The SMILES string of the molecule is C#CCOn1c(-c2ccc(F)cc2)nc2ccc(Cc3ccccc3-n3ccnc3)cc21. The number of aromatic nitrogens is 4. The summed E-state index contributed by atoms with van der Waals surface area (Å²) >= 11 is 0. The van der Waals surface area contributed by atoms with E-state index in [1.54, 1.807) is 29.4 Å². The minimum Gasteiger partial charge on any atom is -0.399 e. The van der Waals surface area contributed by atoms with Crippen LogP contribution in [-0.4, -0.2) is 25.9 Å². The van der Waals surface area contributed by atoms with E-state index in [1.807, 2.05) is 29.0 Å². The number of imidazole rings is 2. The van der Waals surface area contributed by atoms with Crippen LogP contribution in [0.3, 0.4) is 0 Å². The zero-order chi connectivity index (χ0) is 21.9. The van der Waals surface area contributed by atoms with Crippen molar-refractivity contribution in [1.29, 1.82) is 0 Å². The molecule has 6 heteroatoms. The van der Waals surface area contributed by atoms with Crippen molar-refractivity contribution in [2.45, 2.75) is 6.42 Å². The number of rotatable bonds is 6. The summed E-state index contributed by atoms with van der Waals surface area (Å²) in [5.41, 5.74) is 5.66. The maximum absolute atomic E-state index is 13.4. The number of terminal acetylenes is 1. The second-order valence-corrected chi connectivity index (χ2v) is 7.31. The Hall–Kier alpha value is -4.37. The van der Waals surface area contributed by atoms with Gasteiger partial charge < -0.3 is 9.40 Å². The van der Waals surface area contributed by atoms with Crippen LogP contribution in [0.1, 0.15) is 11.1 Å². The van der Waals surface area contributed by atoms with Gasteiger partial charge in [0.15, 0.2) is 12.4 Å². The molecule has 156 valence electrons. The van der Waals surface area contributed by atoms with Crippen LogP contribution >= 0.6 is 0 Å². The Morgan fingerprint density at radius 1 is 1.03 bits per heavy atom. The Morgan fingerprint density at radius 2 is 1.88 bits per heavy atom. The van der Waals surface area contributed by atoms with Crippen molar-refractivity contribution in [1.82, 2.24) is 19.3 Å². The van der Waals surface area contributed by atoms with Crippen LogP contribution in [0.15, 0.2) is 85.5 Å². The van der Waals surface area contributed by atoms with Crippen LogP contribution in [0, 0.1) is 18.2 Å². The van der Waals surface area contributed by atoms with Gasteiger partial charge in [0, 0.05) is 23.6 Å². The van der Waals surface area contributed by atoms with Crippen molar-refractivity contribution >= 4 is 11.0 Å². The molecule has 5 aromatic rings. The predicted molar refractivity (Wildman–Crippen MR) is 122 cm³/mol. The lowest BCUT2D eigenvalue weighted by Gasteiger charge is -2.11. The molecular formula is C26H19FN4O. The number of para-hydroxylation sites is 1. The maximum atomic E-state index is 13.4. The standard InChI is InChI=1S/C26H19FN4O/c1-2-15-32-31-25-17-19(16-21-5-3-4-6-24(21)30-14-13-28-18-30)7-12-23(25)29-26(31)20-8-10-22(27)11-9-20/h1,3-14,17-18H,15-16H2. The molecule has 0 atom stereocenters. The zero-order valence-electron chi connectivity index (χ0n) is 17.1. The summed E-state index contributed by atoms with van der Waals surface area (Å²) in [5.74, 6) is 2.77. The minimum atomic E-state index is -0.306. The average Bonchev–Trinajstić information content (AvgIpc) is 3.47. The second kappa shape index (κ2) is 8.40. The summed E-state index contributed by atoms with van der Waals surface area (Å²) in [5, 5.41) is 0. The third-order valence-electron chi connectivity index (χ3n) is 5.23. The molecule has 0 aliphatic rings. The van der Waals surface area contributed by atoms with Gasteiger partial charge in [0.05, 0.1) is 11.8 Å². The Morgan fingerprint density at radius 3 is 2.66 bits per heavy atom. The van der Waals surface area contributed by atoms with Gasteiger partial charge in [-0.1, -0.05) is 30.2 Å². The predicted octanol–water partition coefficient (Wildman–Crippen LogP) is 4.68. The lowest BCUT2D eigenvalue weighted by molar-refractivity contribution is 0.153. The number of halogens is 1. The van der Waals surface area contributed by atoms with Crippen molar-refractivity contribution in [3.63, 3.8) is 0 Å². The highest BCUT2D eigenvalue weighted by molar-refractivity contribution is 5.81. The van der Waals surface area contributed by atoms with E-state index >= 15 is 0 Å². The first-order valence-corrected chi connectivity index (χ1v) is 10.1. The Bertz CT molecular complexity index is 1410. The van der Waals surface area contributed by atoms with Crippen LogP contribution in [0.25, 0.3) is 28.1 Å². The van der Waals surface area contributed by atoms with Crippen molar-refractivity contribution in [3.8, 4) is 29.4 Å². The number of benzene rings is 3. The molecule has 0 amide bonds. The topological polar surface area (TPSA) is 44.9 Å². The highest BCUT2D eigenvalue weighted by Gasteiger charge is 2.15. The van der Waals surface area contributed by atoms with E-state index in [9.17, 15) is 4.39 Å². The highest BCUT2D eigenvalue weighted by atomic mass is 19.1. The third-order valence-corrected chi connectivity index (χ3v) is 5.23. The molecule has 0 fully saturated rings. The summed E-state index contributed by atoms with van der Waals surface area (Å²) in [6.45, 7) is 0.0906. The van der Waals surface area contributed by atoms with Gasteiger partial charge in [0.2, 0.25) is 0 Å². The fraction of sp³-hybridized carbons (Fsp3) is 0.0769. The van der Waals surface area contributed by atoms with Gasteiger partial charge in [0.25, 0.3) is 0 Å². The molecule has 5 rings (SSSR count). The summed E-state index contributed by atoms with van der Waals surface area (Å²) < 4.78 is 17.0. The minimum absolute atomic E-state index is 0.0906. The fourth-order valence-corrected chi connectivity index (χ4v) is 3.76. The molecule has 32 heavy (non-hydrogen) atoms. The summed E-state index contributed by atoms with van der Waals surface area (Å²) in [6.07, 6.45) is 11.6. The monoisotopic (exact) mass is 422 g/mol. The number of fused-ring (bicyclic) bond motifs is 1. The molecule has 0 aliphatic heterocycles. The normalized spacial score (nSPS) is 10.9. The Labute approximate surface area is 184 Å². The lowest BCUT2D eigenvalue weighted by atomic mass is 10.0. The number of nitrogens with zero attached hydrogens (tertiary/aromatic N) is 4. The average molecular weight is 422 g/mol. The van der Waals surface area contributed by atoms with E-state index < -0.39 is 0 Å². The highest BCUT2D eigenvalue weighted by Crippen LogP contribution is 2.26. The molecule has 2 aromatic heterocycles. The zero-order valence-corrected chi connectivity index (χ0v) is 17.1. The van der Waals surface area contributed by atoms with Crippen LogP contribution in [-0.2, 0) is 6.42 Å². The molecule has 0 radical (unpaired) electrons. The van der Waals surface area contributed by atoms with Gasteiger partial charge in [-0.05, 0) is 60.0 Å². The van der Waals surface area contributed by atoms with Crippen molar-refractivity contribution < 1.29 is 9.23 Å². The molecule has 0 spiro atoms. The van der Waals surface area contributed by atoms with Crippen LogP contribution in [0.5, 0.6) is 0 Å². The van der Waals surface area contributed by atoms with Crippen LogP contribution in [0.2, 0.25) is 0 Å². The summed E-state index contributed by atoms with van der Waals surface area (Å²) in [6, 6.07) is 20.4. The van der Waals surface area contributed by atoms with Gasteiger partial charge in [-0.3, -0.25) is 0 Å². The van der Waals surface area contributed by atoms with Crippen molar-refractivity contribution in [2.24, 2.45) is 0 Å². The maximum Gasteiger partial charge on any atom is 0.176 e. The van der Waals surface area contributed by atoms with Gasteiger partial charge in [-0.25, -0.2) is 14.4 Å². The molecule has 2 heterocycles. The largest absolute Gasteiger partial charge is 0.399 e. The molecule has 3 aromatic carbocycles. The van der Waals surface area contributed by atoms with Crippen LogP contribution < -0.4 is 4.84 Å². The van der Waals surface area contributed by atoms with Gasteiger partial charge in [-0.15, -0.1) is 6.42 Å². The summed E-state index contributed by atoms with van der Waals surface area (Å²) in [4.78, 5) is 14.7. The van der Waals surface area contributed by atoms with Gasteiger partial charge >= 0.3 is 0 Å². The van der Waals surface area contributed by atoms with Crippen molar-refractivity contribution in [2.75, 3.05) is 6.61 Å². The summed E-state index contributed by atoms with van der Waals surface area (Å²) in [7, 11) is 0. The first kappa shape index (κ1) is 19.6. The van der Waals surface area contributed by atoms with E-state index in [2.05, 4.69) is 35.2 Å². The molecule has 0 bridgehead atoms. The molecule has 0 saturated heterocycles. The smallest absolute Gasteiger partial charge is 0.176 e. The van der Waals surface area contributed by atoms with E-state index in [0.717, 1.165) is 34.3 Å². The molecule has 0 unspecified atom stereocenters. The van der Waals surface area contributed by atoms with Gasteiger partial charge in [-0.2, -0.15) is 4.73 Å². The number of hydrogen-bond donors (Lipinski definition) is 0. The number of hydrogen-bond acceptors (Lipinski definition) is 3. The Kier molecular flexibility index (Phi) is 5.14. The Balaban J connectivity index is 1.57. The van der Waals surface area contributed by atoms with Gasteiger partial charge in [0.1, 0.15) is 11.3 Å². The van der Waals surface area contributed by atoms with E-state index in [0.29, 0.717) is 5.82 Å². The molecular weight excluding hydrogens is 403 g/mol. The van der Waals surface area contributed by atoms with E-state index in [-0.39, 0.29) is 12.4 Å². The molecule has 0 N–H and O–H groups in total. The van der Waals surface area contributed by atoms with Crippen molar-refractivity contribution in [3.05, 3.63) is 102 Å². The van der Waals surface area contributed by atoms with E-state index in [4.69, 9.17) is 16.2 Å². The molecule has 0 saturated carbocycles. The first-order chi connectivity index (χ1) is 15.7. The fourth-order valence-electron chi connectivity index (χ4n) is 3.76. The lowest BCUT2D eigenvalue weighted by Crippen LogP contribution is -2.13. The first-order valence-electron chi connectivity index (χ1n) is 10.1. The third kappa shape index (κ3) is 3.72. The van der Waals surface area contributed by atoms with E-state index in [1.165, 1.54) is 17.7 Å². The quantitative estimate of drug-likeness (QED) is 0.373. The van der Waals surface area contributed by atoms with Crippen LogP contribution in [0.4, 0.5) is 4.39 Å². The molecule has 5 nitrogen and oxygen atoms in total. The second-order valence-electron chi connectivity index (χ2n) is 7.31. The molecule has 0 aliphatic carbocycles.